The Hall–Kier alpha value is -4.13. The van der Waals surface area contributed by atoms with Crippen molar-refractivity contribution in [1.82, 2.24) is 15.0 Å². The maximum absolute atomic E-state index is 12.5. The van der Waals surface area contributed by atoms with E-state index < -0.39 is 5.91 Å². The molecule has 5 rings (SSSR count). The predicted octanol–water partition coefficient (Wildman–Crippen LogP) is 3.20. The molecule has 0 unspecified atom stereocenters. The van der Waals surface area contributed by atoms with Gasteiger partial charge in [-0.05, 0) is 37.3 Å². The van der Waals surface area contributed by atoms with E-state index in [2.05, 4.69) is 15.0 Å². The molecular weight excluding hydrogens is 368 g/mol. The number of nitrogens with zero attached hydrogens (tertiary/aromatic N) is 2. The number of nitrogens with one attached hydrogen (secondary N) is 1. The van der Waals surface area contributed by atoms with E-state index in [0.29, 0.717) is 22.5 Å². The Kier molecular flexibility index (Phi) is 3.48. The van der Waals surface area contributed by atoms with E-state index in [1.807, 2.05) is 24.3 Å². The second-order valence-electron chi connectivity index (χ2n) is 6.93. The average molecular weight is 382 g/mol. The van der Waals surface area contributed by atoms with Crippen LogP contribution in [0.5, 0.6) is 0 Å². The van der Waals surface area contributed by atoms with Crippen molar-refractivity contribution in [1.29, 1.82) is 0 Å². The number of allylic oxidation sites excluding steroid dienone is 2. The van der Waals surface area contributed by atoms with Crippen LogP contribution >= 0.6 is 0 Å². The first-order valence-electron chi connectivity index (χ1n) is 8.94. The fraction of sp³-hybridized carbons (Fsp3) is 0.0455. The number of H-pyrrole nitrogens is 1. The van der Waals surface area contributed by atoms with Gasteiger partial charge in [0.05, 0.1) is 16.8 Å². The summed E-state index contributed by atoms with van der Waals surface area (Å²) >= 11 is 0. The molecule has 0 fully saturated rings. The second-order valence-corrected chi connectivity index (χ2v) is 6.93. The summed E-state index contributed by atoms with van der Waals surface area (Å²) in [6, 6.07) is 12.5. The van der Waals surface area contributed by atoms with Gasteiger partial charge in [0.15, 0.2) is 5.78 Å². The highest BCUT2D eigenvalue weighted by atomic mass is 16.1. The molecule has 0 bridgehead atoms. The Morgan fingerprint density at radius 1 is 1.00 bits per heavy atom. The zero-order chi connectivity index (χ0) is 20.3. The quantitative estimate of drug-likeness (QED) is 0.552. The average Bonchev–Trinajstić information content (AvgIpc) is 3.09. The van der Waals surface area contributed by atoms with Crippen LogP contribution in [-0.2, 0) is 0 Å². The first-order chi connectivity index (χ1) is 13.9. The number of aromatic nitrogens is 3. The number of para-hydroxylation sites is 1. The summed E-state index contributed by atoms with van der Waals surface area (Å²) in [6.07, 6.45) is 1.31. The third-order valence-corrected chi connectivity index (χ3v) is 5.07. The van der Waals surface area contributed by atoms with Gasteiger partial charge in [0, 0.05) is 21.9 Å². The van der Waals surface area contributed by atoms with Gasteiger partial charge in [-0.3, -0.25) is 14.4 Å². The highest BCUT2D eigenvalue weighted by Crippen LogP contribution is 2.33. The Morgan fingerprint density at radius 3 is 2.59 bits per heavy atom. The van der Waals surface area contributed by atoms with Crippen molar-refractivity contribution >= 4 is 39.3 Å². The lowest BCUT2D eigenvalue weighted by Gasteiger charge is -2.13. The lowest BCUT2D eigenvalue weighted by Crippen LogP contribution is -2.18. The number of fused-ring (bicyclic) bond motifs is 4. The number of hydrogen-bond acceptors (Lipinski definition) is 5. The molecule has 0 radical (unpaired) electrons. The van der Waals surface area contributed by atoms with Gasteiger partial charge in [-0.25, -0.2) is 9.97 Å². The molecule has 1 aliphatic carbocycles. The third-order valence-electron chi connectivity index (χ3n) is 5.07. The lowest BCUT2D eigenvalue weighted by atomic mass is 9.94. The van der Waals surface area contributed by atoms with Gasteiger partial charge >= 0.3 is 0 Å². The molecule has 7 nitrogen and oxygen atoms in total. The Labute approximate surface area is 164 Å². The summed E-state index contributed by atoms with van der Waals surface area (Å²) in [5.74, 6) is -1.23. The van der Waals surface area contributed by atoms with Crippen LogP contribution in [0.25, 0.3) is 33.2 Å². The van der Waals surface area contributed by atoms with Crippen molar-refractivity contribution in [2.75, 3.05) is 0 Å². The van der Waals surface area contributed by atoms with E-state index in [1.165, 1.54) is 6.08 Å². The summed E-state index contributed by atoms with van der Waals surface area (Å²) in [5, 5.41) is 1.69. The van der Waals surface area contributed by atoms with Crippen LogP contribution < -0.4 is 5.73 Å². The summed E-state index contributed by atoms with van der Waals surface area (Å²) in [4.78, 5) is 48.8. The van der Waals surface area contributed by atoms with Gasteiger partial charge in [0.1, 0.15) is 17.1 Å². The molecule has 0 atom stereocenters. The lowest BCUT2D eigenvalue weighted by molar-refractivity contribution is 0.0980. The summed E-state index contributed by atoms with van der Waals surface area (Å²) in [6.45, 7) is 1.58. The number of primary amides is 1. The molecule has 0 spiro atoms. The molecule has 0 aliphatic heterocycles. The molecule has 3 aromatic heterocycles. The van der Waals surface area contributed by atoms with Crippen molar-refractivity contribution in [2.45, 2.75) is 6.92 Å². The Morgan fingerprint density at radius 2 is 1.79 bits per heavy atom. The summed E-state index contributed by atoms with van der Waals surface area (Å²) < 4.78 is 0. The van der Waals surface area contributed by atoms with Gasteiger partial charge in [-0.15, -0.1) is 0 Å². The topological polar surface area (TPSA) is 119 Å². The number of benzene rings is 1. The molecule has 3 heterocycles. The predicted molar refractivity (Wildman–Crippen MR) is 108 cm³/mol. The molecule has 0 saturated carbocycles. The normalized spacial score (nSPS) is 13.6. The highest BCUT2D eigenvalue weighted by Gasteiger charge is 2.26. The third kappa shape index (κ3) is 2.48. The zero-order valence-electron chi connectivity index (χ0n) is 15.3. The molecular formula is C22H14N4O3. The van der Waals surface area contributed by atoms with Crippen LogP contribution in [0.3, 0.4) is 0 Å². The highest BCUT2D eigenvalue weighted by molar-refractivity contribution is 6.23. The van der Waals surface area contributed by atoms with E-state index in [0.717, 1.165) is 16.3 Å². The molecule has 0 saturated heterocycles. The minimum atomic E-state index is -0.665. The monoisotopic (exact) mass is 382 g/mol. The number of Topliss-reactive ketones (excluding diaryl/α,β-unsaturated/α-hetero) is 1. The van der Waals surface area contributed by atoms with E-state index in [4.69, 9.17) is 5.73 Å². The van der Waals surface area contributed by atoms with Crippen LogP contribution in [-0.4, -0.2) is 32.4 Å². The van der Waals surface area contributed by atoms with Crippen LogP contribution in [0.4, 0.5) is 0 Å². The van der Waals surface area contributed by atoms with Gasteiger partial charge < -0.3 is 10.7 Å². The van der Waals surface area contributed by atoms with Gasteiger partial charge in [-0.2, -0.15) is 0 Å². The van der Waals surface area contributed by atoms with Crippen LogP contribution in [0.1, 0.15) is 38.3 Å². The number of carbonyl (C=O) groups excluding carboxylic acids is 3. The fourth-order valence-electron chi connectivity index (χ4n) is 3.65. The second kappa shape index (κ2) is 5.93. The van der Waals surface area contributed by atoms with Gasteiger partial charge in [0.25, 0.3) is 5.91 Å². The number of pyridine rings is 2. The van der Waals surface area contributed by atoms with Crippen molar-refractivity contribution < 1.29 is 14.4 Å². The summed E-state index contributed by atoms with van der Waals surface area (Å²) in [7, 11) is 0. The maximum Gasteiger partial charge on any atom is 0.267 e. The SMILES string of the molecule is CC1=CC(=O)c2ccc(-c3nc(C(N)=O)cc4c3[nH]c3ccccc34)nc2C1=O. The molecule has 1 aromatic carbocycles. The van der Waals surface area contributed by atoms with Gasteiger partial charge in [0.2, 0.25) is 5.78 Å². The van der Waals surface area contributed by atoms with Crippen molar-refractivity contribution in [3.63, 3.8) is 0 Å². The van der Waals surface area contributed by atoms with E-state index >= 15 is 0 Å². The molecule has 1 aliphatic rings. The minimum absolute atomic E-state index is 0.0861. The summed E-state index contributed by atoms with van der Waals surface area (Å²) in [5.41, 5.74) is 8.57. The van der Waals surface area contributed by atoms with Gasteiger partial charge in [-0.1, -0.05) is 18.2 Å². The number of aromatic amines is 1. The van der Waals surface area contributed by atoms with Crippen molar-refractivity contribution in [3.8, 4) is 11.4 Å². The van der Waals surface area contributed by atoms with E-state index in [1.54, 1.807) is 25.1 Å². The Balaban J connectivity index is 1.83. The van der Waals surface area contributed by atoms with E-state index in [-0.39, 0.29) is 28.5 Å². The number of ketones is 2. The smallest absolute Gasteiger partial charge is 0.267 e. The number of amides is 1. The Bertz CT molecular complexity index is 1430. The molecule has 4 aromatic rings. The fourth-order valence-corrected chi connectivity index (χ4v) is 3.65. The number of rotatable bonds is 2. The van der Waals surface area contributed by atoms with E-state index in [9.17, 15) is 14.4 Å². The van der Waals surface area contributed by atoms with Crippen molar-refractivity contribution in [3.05, 3.63) is 71.1 Å². The first-order valence-corrected chi connectivity index (χ1v) is 8.94. The number of carbonyl (C=O) groups is 3. The molecule has 29 heavy (non-hydrogen) atoms. The maximum atomic E-state index is 12.5. The first kappa shape index (κ1) is 17.0. The molecule has 140 valence electrons. The molecule has 3 N–H and O–H groups in total. The van der Waals surface area contributed by atoms with Crippen molar-refractivity contribution in [2.24, 2.45) is 5.73 Å². The van der Waals surface area contributed by atoms with Crippen LogP contribution in [0, 0.1) is 0 Å². The largest absolute Gasteiger partial charge is 0.364 e. The minimum Gasteiger partial charge on any atom is -0.364 e. The zero-order valence-corrected chi connectivity index (χ0v) is 15.3. The molecule has 1 amide bonds. The number of nitrogens with two attached hydrogens (primary N) is 1. The van der Waals surface area contributed by atoms with Crippen LogP contribution in [0.2, 0.25) is 0 Å². The number of hydrogen-bond donors (Lipinski definition) is 2. The van der Waals surface area contributed by atoms with Crippen LogP contribution in [0.15, 0.2) is 54.1 Å². The molecule has 7 heteroatoms. The standard InChI is InChI=1S/C22H14N4O3/c1-10-8-17(27)12-6-7-15(25-19(12)21(10)28)20-18-13(9-16(26-20)22(23)29)11-4-2-3-5-14(11)24-18/h2-9,24H,1H3,(H2,23,29).